The number of methoxy groups -OCH3 is 1. The molecule has 0 aromatic heterocycles. The average Bonchev–Trinajstić information content (AvgIpc) is 2.86. The summed E-state index contributed by atoms with van der Waals surface area (Å²) in [6, 6.07) is 7.64. The highest BCUT2D eigenvalue weighted by Gasteiger charge is 2.31. The predicted octanol–water partition coefficient (Wildman–Crippen LogP) is 0.894. The van der Waals surface area contributed by atoms with Crippen LogP contribution in [0.1, 0.15) is 18.7 Å². The van der Waals surface area contributed by atoms with E-state index in [4.69, 9.17) is 4.74 Å². The first kappa shape index (κ1) is 15.0. The molecule has 1 heterocycles. The third-order valence-electron chi connectivity index (χ3n) is 3.39. The Morgan fingerprint density at radius 3 is 2.70 bits per heavy atom. The fourth-order valence-corrected chi connectivity index (χ4v) is 2.91. The second-order valence-electron chi connectivity index (χ2n) is 4.58. The van der Waals surface area contributed by atoms with Gasteiger partial charge < -0.3 is 9.64 Å². The van der Waals surface area contributed by atoms with Gasteiger partial charge in [-0.15, -0.1) is 0 Å². The van der Waals surface area contributed by atoms with Crippen molar-refractivity contribution in [3.05, 3.63) is 29.8 Å². The van der Waals surface area contributed by atoms with Crippen molar-refractivity contribution in [2.24, 2.45) is 0 Å². The standard InChI is InChI=1S/C14H20N2O3S/c1-3-20(18)9-8-16-13(17)10-15-14(16)11-4-6-12(19-2)7-5-11/h4-7,14-15H,3,8-10H2,1-2H3. The Balaban J connectivity index is 2.08. The molecule has 5 nitrogen and oxygen atoms in total. The molecule has 0 saturated carbocycles. The Morgan fingerprint density at radius 2 is 2.10 bits per heavy atom. The summed E-state index contributed by atoms with van der Waals surface area (Å²) in [5, 5.41) is 3.19. The van der Waals surface area contributed by atoms with Crippen molar-refractivity contribution in [3.8, 4) is 5.75 Å². The minimum atomic E-state index is -0.856. The van der Waals surface area contributed by atoms with Crippen LogP contribution in [0.25, 0.3) is 0 Å². The van der Waals surface area contributed by atoms with Crippen molar-refractivity contribution in [2.75, 3.05) is 31.7 Å². The van der Waals surface area contributed by atoms with Crippen LogP contribution < -0.4 is 10.1 Å². The number of benzene rings is 1. The molecule has 1 N–H and O–H groups in total. The zero-order chi connectivity index (χ0) is 14.5. The number of nitrogens with zero attached hydrogens (tertiary/aromatic N) is 1. The van der Waals surface area contributed by atoms with E-state index in [0.717, 1.165) is 11.3 Å². The summed E-state index contributed by atoms with van der Waals surface area (Å²) in [6.45, 7) is 2.74. The molecule has 20 heavy (non-hydrogen) atoms. The topological polar surface area (TPSA) is 58.6 Å². The van der Waals surface area contributed by atoms with Gasteiger partial charge in [-0.1, -0.05) is 19.1 Å². The molecule has 1 fully saturated rings. The van der Waals surface area contributed by atoms with Gasteiger partial charge in [-0.3, -0.25) is 14.3 Å². The van der Waals surface area contributed by atoms with Gasteiger partial charge in [0.2, 0.25) is 5.91 Å². The molecule has 0 radical (unpaired) electrons. The van der Waals surface area contributed by atoms with Gasteiger partial charge in [0, 0.05) is 28.9 Å². The lowest BCUT2D eigenvalue weighted by molar-refractivity contribution is -0.127. The van der Waals surface area contributed by atoms with Crippen molar-refractivity contribution in [1.29, 1.82) is 0 Å². The minimum Gasteiger partial charge on any atom is -0.497 e. The maximum absolute atomic E-state index is 11.9. The molecule has 110 valence electrons. The van der Waals surface area contributed by atoms with Crippen molar-refractivity contribution in [1.82, 2.24) is 10.2 Å². The lowest BCUT2D eigenvalue weighted by Crippen LogP contribution is -2.33. The molecule has 1 aliphatic rings. The normalized spacial score (nSPS) is 20.2. The van der Waals surface area contributed by atoms with E-state index in [9.17, 15) is 9.00 Å². The largest absolute Gasteiger partial charge is 0.497 e. The van der Waals surface area contributed by atoms with Crippen LogP contribution in [0.4, 0.5) is 0 Å². The third-order valence-corrected chi connectivity index (χ3v) is 4.67. The average molecular weight is 296 g/mol. The van der Waals surface area contributed by atoms with Crippen molar-refractivity contribution >= 4 is 16.7 Å². The first-order valence-electron chi connectivity index (χ1n) is 6.67. The van der Waals surface area contributed by atoms with Gasteiger partial charge in [-0.05, 0) is 17.7 Å². The molecular weight excluding hydrogens is 276 g/mol. The zero-order valence-electron chi connectivity index (χ0n) is 11.8. The van der Waals surface area contributed by atoms with E-state index in [1.165, 1.54) is 0 Å². The number of rotatable bonds is 6. The molecule has 1 amide bonds. The van der Waals surface area contributed by atoms with E-state index in [2.05, 4.69) is 5.32 Å². The Hall–Kier alpha value is -1.40. The predicted molar refractivity (Wildman–Crippen MR) is 79.0 cm³/mol. The lowest BCUT2D eigenvalue weighted by atomic mass is 10.1. The van der Waals surface area contributed by atoms with E-state index in [1.54, 1.807) is 12.0 Å². The summed E-state index contributed by atoms with van der Waals surface area (Å²) in [4.78, 5) is 13.7. The fraction of sp³-hybridized carbons (Fsp3) is 0.500. The van der Waals surface area contributed by atoms with E-state index >= 15 is 0 Å². The number of carbonyl (C=O) groups excluding carboxylic acids is 1. The van der Waals surface area contributed by atoms with Crippen LogP contribution >= 0.6 is 0 Å². The third kappa shape index (κ3) is 3.37. The van der Waals surface area contributed by atoms with Gasteiger partial charge >= 0.3 is 0 Å². The molecular formula is C14H20N2O3S. The summed E-state index contributed by atoms with van der Waals surface area (Å²) >= 11 is 0. The monoisotopic (exact) mass is 296 g/mol. The number of nitrogens with one attached hydrogen (secondary N) is 1. The van der Waals surface area contributed by atoms with Crippen LogP contribution in [0.3, 0.4) is 0 Å². The molecule has 6 heteroatoms. The molecule has 1 aromatic rings. The molecule has 2 atom stereocenters. The Morgan fingerprint density at radius 1 is 1.40 bits per heavy atom. The molecule has 2 unspecified atom stereocenters. The van der Waals surface area contributed by atoms with Crippen LogP contribution in [0.2, 0.25) is 0 Å². The first-order valence-corrected chi connectivity index (χ1v) is 8.16. The zero-order valence-corrected chi connectivity index (χ0v) is 12.6. The number of amides is 1. The van der Waals surface area contributed by atoms with Crippen LogP contribution in [-0.4, -0.2) is 46.7 Å². The van der Waals surface area contributed by atoms with Crippen LogP contribution in [0, 0.1) is 0 Å². The second-order valence-corrected chi connectivity index (χ2v) is 6.44. The Kier molecular flexibility index (Phi) is 5.14. The summed E-state index contributed by atoms with van der Waals surface area (Å²) in [7, 11) is 0.768. The van der Waals surface area contributed by atoms with Gasteiger partial charge in [-0.25, -0.2) is 0 Å². The minimum absolute atomic E-state index is 0.0546. The maximum atomic E-state index is 11.9. The number of ether oxygens (including phenoxy) is 1. The Bertz CT molecular complexity index is 490. The molecule has 0 spiro atoms. The molecule has 0 aliphatic carbocycles. The summed E-state index contributed by atoms with van der Waals surface area (Å²) in [5.41, 5.74) is 1.01. The first-order chi connectivity index (χ1) is 9.65. The van der Waals surface area contributed by atoms with E-state index in [1.807, 2.05) is 31.2 Å². The van der Waals surface area contributed by atoms with E-state index < -0.39 is 10.8 Å². The fourth-order valence-electron chi connectivity index (χ4n) is 2.22. The van der Waals surface area contributed by atoms with Crippen LogP contribution in [0.15, 0.2) is 24.3 Å². The van der Waals surface area contributed by atoms with Gasteiger partial charge in [0.15, 0.2) is 0 Å². The van der Waals surface area contributed by atoms with Crippen molar-refractivity contribution in [3.63, 3.8) is 0 Å². The van der Waals surface area contributed by atoms with Gasteiger partial charge in [0.1, 0.15) is 11.9 Å². The summed E-state index contributed by atoms with van der Waals surface area (Å²) < 4.78 is 16.7. The lowest BCUT2D eigenvalue weighted by Gasteiger charge is -2.24. The molecule has 1 saturated heterocycles. The molecule has 1 aromatic carbocycles. The summed E-state index contributed by atoms with van der Waals surface area (Å²) in [5.74, 6) is 2.00. The molecule has 2 rings (SSSR count). The highest BCUT2D eigenvalue weighted by molar-refractivity contribution is 7.84. The van der Waals surface area contributed by atoms with Crippen molar-refractivity contribution < 1.29 is 13.7 Å². The van der Waals surface area contributed by atoms with Gasteiger partial charge in [0.25, 0.3) is 0 Å². The number of hydrogen-bond donors (Lipinski definition) is 1. The highest BCUT2D eigenvalue weighted by Crippen LogP contribution is 2.24. The van der Waals surface area contributed by atoms with Crippen LogP contribution in [0.5, 0.6) is 5.75 Å². The number of carbonyl (C=O) groups is 1. The van der Waals surface area contributed by atoms with Gasteiger partial charge in [0.05, 0.1) is 13.7 Å². The SMILES string of the molecule is CCS(=O)CCN1C(=O)CNC1c1ccc(OC)cc1. The Labute approximate surface area is 121 Å². The van der Waals surface area contributed by atoms with Crippen molar-refractivity contribution in [2.45, 2.75) is 13.1 Å². The molecule has 0 bridgehead atoms. The van der Waals surface area contributed by atoms with E-state index in [-0.39, 0.29) is 12.1 Å². The second kappa shape index (κ2) is 6.85. The quantitative estimate of drug-likeness (QED) is 0.847. The van der Waals surface area contributed by atoms with Gasteiger partial charge in [-0.2, -0.15) is 0 Å². The smallest absolute Gasteiger partial charge is 0.238 e. The summed E-state index contributed by atoms with van der Waals surface area (Å²) in [6.07, 6.45) is -0.137. The molecule has 1 aliphatic heterocycles. The van der Waals surface area contributed by atoms with Crippen LogP contribution in [-0.2, 0) is 15.6 Å². The number of hydrogen-bond acceptors (Lipinski definition) is 4. The highest BCUT2D eigenvalue weighted by atomic mass is 32.2. The van der Waals surface area contributed by atoms with E-state index in [0.29, 0.717) is 24.6 Å². The maximum Gasteiger partial charge on any atom is 0.238 e.